The largest absolute Gasteiger partial charge is 0.349 e. The third kappa shape index (κ3) is 6.37. The molecule has 1 amide bonds. The van der Waals surface area contributed by atoms with E-state index in [1.54, 1.807) is 28.6 Å². The predicted molar refractivity (Wildman–Crippen MR) is 171 cm³/mol. The van der Waals surface area contributed by atoms with Gasteiger partial charge in [-0.05, 0) is 43.9 Å². The van der Waals surface area contributed by atoms with Crippen LogP contribution < -0.4 is 5.32 Å². The Hall–Kier alpha value is -3.59. The van der Waals surface area contributed by atoms with E-state index < -0.39 is 10.0 Å². The van der Waals surface area contributed by atoms with Gasteiger partial charge >= 0.3 is 0 Å². The highest BCUT2D eigenvalue weighted by Crippen LogP contribution is 2.33. The quantitative estimate of drug-likeness (QED) is 0.266. The van der Waals surface area contributed by atoms with E-state index in [9.17, 15) is 13.2 Å². The summed E-state index contributed by atoms with van der Waals surface area (Å²) >= 11 is 0. The fourth-order valence-electron chi connectivity index (χ4n) is 6.62. The molecule has 0 radical (unpaired) electrons. The number of piperazine rings is 1. The number of sulfonamides is 1. The summed E-state index contributed by atoms with van der Waals surface area (Å²) in [5.74, 6) is 0.427. The second-order valence-corrected chi connectivity index (χ2v) is 13.8. The third-order valence-corrected chi connectivity index (χ3v) is 11.0. The zero-order valence-corrected chi connectivity index (χ0v) is 25.6. The molecule has 1 aliphatic heterocycles. The highest BCUT2D eigenvalue weighted by Gasteiger charge is 2.31. The molecular weight excluding hydrogens is 556 g/mol. The molecule has 1 saturated heterocycles. The van der Waals surface area contributed by atoms with Gasteiger partial charge in [0.2, 0.25) is 10.0 Å². The Morgan fingerprint density at radius 3 is 2.19 bits per heavy atom. The highest BCUT2D eigenvalue weighted by molar-refractivity contribution is 7.89. The van der Waals surface area contributed by atoms with Crippen LogP contribution in [0.15, 0.2) is 89.8 Å². The summed E-state index contributed by atoms with van der Waals surface area (Å²) in [6, 6.07) is 26.6. The summed E-state index contributed by atoms with van der Waals surface area (Å²) in [5, 5.41) is 4.23. The van der Waals surface area contributed by atoms with Crippen LogP contribution in [0, 0.1) is 5.92 Å². The van der Waals surface area contributed by atoms with Gasteiger partial charge in [0, 0.05) is 55.3 Å². The number of aromatic nitrogens is 1. The number of carbonyl (C=O) groups excluding carboxylic acids is 1. The number of nitrogens with zero attached hydrogens (tertiary/aromatic N) is 3. The predicted octanol–water partition coefficient (Wildman–Crippen LogP) is 6.11. The molecule has 1 aromatic heterocycles. The average molecular weight is 597 g/mol. The number of fused-ring (bicyclic) bond motifs is 1. The number of hydrogen-bond donors (Lipinski definition) is 1. The van der Waals surface area contributed by atoms with E-state index >= 15 is 0 Å². The first-order valence-corrected chi connectivity index (χ1v) is 16.9. The van der Waals surface area contributed by atoms with Gasteiger partial charge in [-0.3, -0.25) is 9.69 Å². The lowest BCUT2D eigenvalue weighted by Crippen LogP contribution is -2.48. The van der Waals surface area contributed by atoms with Crippen molar-refractivity contribution in [1.82, 2.24) is 19.5 Å². The molecule has 1 aliphatic carbocycles. The molecule has 224 valence electrons. The number of para-hydroxylation sites is 1. The minimum absolute atomic E-state index is 0.0610. The number of pyridine rings is 1. The van der Waals surface area contributed by atoms with Crippen molar-refractivity contribution in [3.05, 3.63) is 96.1 Å². The maximum atomic E-state index is 14.3. The third-order valence-electron chi connectivity index (χ3n) is 9.08. The molecule has 1 saturated carbocycles. The number of carbonyl (C=O) groups is 1. The Morgan fingerprint density at radius 2 is 1.49 bits per heavy atom. The first kappa shape index (κ1) is 29.5. The van der Waals surface area contributed by atoms with Crippen LogP contribution in [-0.2, 0) is 16.6 Å². The summed E-state index contributed by atoms with van der Waals surface area (Å²) in [4.78, 5) is 21.9. The molecule has 8 heteroatoms. The van der Waals surface area contributed by atoms with Crippen molar-refractivity contribution in [2.24, 2.45) is 5.92 Å². The van der Waals surface area contributed by atoms with Crippen LogP contribution >= 0.6 is 0 Å². The topological polar surface area (TPSA) is 82.6 Å². The summed E-state index contributed by atoms with van der Waals surface area (Å²) in [7, 11) is -3.55. The van der Waals surface area contributed by atoms with E-state index in [4.69, 9.17) is 4.98 Å². The van der Waals surface area contributed by atoms with Gasteiger partial charge < -0.3 is 5.32 Å². The Morgan fingerprint density at radius 1 is 0.860 bits per heavy atom. The lowest BCUT2D eigenvalue weighted by atomic mass is 9.84. The molecule has 1 N–H and O–H groups in total. The van der Waals surface area contributed by atoms with Crippen LogP contribution in [0.1, 0.15) is 54.9 Å². The molecule has 7 nitrogen and oxygen atoms in total. The van der Waals surface area contributed by atoms with Crippen LogP contribution in [0.25, 0.3) is 22.2 Å². The van der Waals surface area contributed by atoms with E-state index in [0.717, 1.165) is 40.6 Å². The van der Waals surface area contributed by atoms with Crippen molar-refractivity contribution < 1.29 is 13.2 Å². The summed E-state index contributed by atoms with van der Waals surface area (Å²) in [6.45, 7) is 4.54. The Labute approximate surface area is 255 Å². The number of amides is 1. The minimum Gasteiger partial charge on any atom is -0.349 e. The lowest BCUT2D eigenvalue weighted by molar-refractivity contribution is 0.0918. The molecule has 1 unspecified atom stereocenters. The SMILES string of the molecule is CC(NC(=O)c1c(CN2CCN(S(=O)(=O)c3ccccc3)CC2)c(-c2ccccc2)nc2ccccc12)C1CCCCC1. The molecule has 4 aromatic rings. The van der Waals surface area contributed by atoms with E-state index in [0.29, 0.717) is 49.1 Å². The Balaban J connectivity index is 1.34. The molecule has 2 aliphatic rings. The van der Waals surface area contributed by atoms with Crippen molar-refractivity contribution in [3.8, 4) is 11.3 Å². The normalized spacial score (nSPS) is 18.0. The molecule has 2 heterocycles. The maximum absolute atomic E-state index is 14.3. The Kier molecular flexibility index (Phi) is 8.88. The average Bonchev–Trinajstić information content (AvgIpc) is 3.05. The van der Waals surface area contributed by atoms with Crippen LogP contribution in [0.3, 0.4) is 0 Å². The zero-order valence-electron chi connectivity index (χ0n) is 24.8. The number of benzene rings is 3. The first-order chi connectivity index (χ1) is 20.9. The summed E-state index contributed by atoms with van der Waals surface area (Å²) in [5.41, 5.74) is 4.11. The van der Waals surface area contributed by atoms with Gasteiger partial charge in [-0.15, -0.1) is 0 Å². The summed E-state index contributed by atoms with van der Waals surface area (Å²) in [6.07, 6.45) is 6.02. The van der Waals surface area contributed by atoms with Gasteiger partial charge in [0.25, 0.3) is 5.91 Å². The monoisotopic (exact) mass is 596 g/mol. The van der Waals surface area contributed by atoms with Crippen LogP contribution in [0.5, 0.6) is 0 Å². The molecular formula is C35H40N4O3S. The van der Waals surface area contributed by atoms with Gasteiger partial charge in [-0.2, -0.15) is 4.31 Å². The van der Waals surface area contributed by atoms with E-state index in [1.165, 1.54) is 19.3 Å². The molecule has 3 aromatic carbocycles. The maximum Gasteiger partial charge on any atom is 0.252 e. The van der Waals surface area contributed by atoms with Crippen molar-refractivity contribution in [3.63, 3.8) is 0 Å². The molecule has 0 spiro atoms. The smallest absolute Gasteiger partial charge is 0.252 e. The van der Waals surface area contributed by atoms with Crippen LogP contribution in [0.4, 0.5) is 0 Å². The zero-order chi connectivity index (χ0) is 29.8. The molecule has 1 atom stereocenters. The van der Waals surface area contributed by atoms with Gasteiger partial charge in [0.1, 0.15) is 0 Å². The molecule has 0 bridgehead atoms. The lowest BCUT2D eigenvalue weighted by Gasteiger charge is -2.35. The van der Waals surface area contributed by atoms with E-state index in [2.05, 4.69) is 17.1 Å². The number of hydrogen-bond acceptors (Lipinski definition) is 5. The van der Waals surface area contributed by atoms with Crippen LogP contribution in [-0.4, -0.2) is 60.7 Å². The fourth-order valence-corrected chi connectivity index (χ4v) is 8.07. The Bertz CT molecular complexity index is 1660. The molecule has 6 rings (SSSR count). The van der Waals surface area contributed by atoms with Gasteiger partial charge in [-0.1, -0.05) is 86.0 Å². The second kappa shape index (κ2) is 13.0. The van der Waals surface area contributed by atoms with Crippen molar-refractivity contribution in [2.75, 3.05) is 26.2 Å². The number of rotatable bonds is 8. The number of nitrogens with one attached hydrogen (secondary N) is 1. The molecule has 2 fully saturated rings. The second-order valence-electron chi connectivity index (χ2n) is 11.9. The van der Waals surface area contributed by atoms with Crippen molar-refractivity contribution >= 4 is 26.8 Å². The minimum atomic E-state index is -3.55. The van der Waals surface area contributed by atoms with Crippen molar-refractivity contribution in [2.45, 2.75) is 56.5 Å². The standard InChI is InChI=1S/C35H40N4O3S/c1-26(27-13-5-2-6-14-27)36-35(40)33-30-19-11-12-20-32(30)37-34(28-15-7-3-8-16-28)31(33)25-38-21-23-39(24-22-38)43(41,42)29-17-9-4-10-18-29/h3-4,7-12,15-20,26-27H,2,5-6,13-14,21-25H2,1H3,(H,36,40). The van der Waals surface area contributed by atoms with E-state index in [1.807, 2.05) is 60.7 Å². The van der Waals surface area contributed by atoms with E-state index in [-0.39, 0.29) is 11.9 Å². The van der Waals surface area contributed by atoms with Gasteiger partial charge in [0.05, 0.1) is 21.7 Å². The molecule has 43 heavy (non-hydrogen) atoms. The van der Waals surface area contributed by atoms with Crippen molar-refractivity contribution in [1.29, 1.82) is 0 Å². The van der Waals surface area contributed by atoms with Gasteiger partial charge in [0.15, 0.2) is 0 Å². The summed E-state index contributed by atoms with van der Waals surface area (Å²) < 4.78 is 28.1. The van der Waals surface area contributed by atoms with Crippen LogP contribution in [0.2, 0.25) is 0 Å². The van der Waals surface area contributed by atoms with Gasteiger partial charge in [-0.25, -0.2) is 13.4 Å². The fraction of sp³-hybridized carbons (Fsp3) is 0.371. The first-order valence-electron chi connectivity index (χ1n) is 15.5. The highest BCUT2D eigenvalue weighted by atomic mass is 32.2.